The van der Waals surface area contributed by atoms with E-state index in [2.05, 4.69) is 97.1 Å². The number of hydrogen-bond donors (Lipinski definition) is 1. The van der Waals surface area contributed by atoms with E-state index in [1.165, 1.54) is 21.2 Å². The summed E-state index contributed by atoms with van der Waals surface area (Å²) < 4.78 is 0. The Kier molecular flexibility index (Phi) is 10.6. The predicted octanol–water partition coefficient (Wildman–Crippen LogP) is 4.35. The van der Waals surface area contributed by atoms with Crippen LogP contribution in [0.4, 0.5) is 0 Å². The van der Waals surface area contributed by atoms with Crippen LogP contribution in [0, 0.1) is 0 Å². The van der Waals surface area contributed by atoms with Crippen molar-refractivity contribution in [2.75, 3.05) is 25.4 Å². The van der Waals surface area contributed by atoms with Crippen molar-refractivity contribution in [1.29, 1.82) is 0 Å². The fourth-order valence-corrected chi connectivity index (χ4v) is 9.08. The summed E-state index contributed by atoms with van der Waals surface area (Å²) in [6.45, 7) is 1.28. The van der Waals surface area contributed by atoms with Gasteiger partial charge >= 0.3 is 0 Å². The van der Waals surface area contributed by atoms with E-state index >= 15 is 0 Å². The van der Waals surface area contributed by atoms with Gasteiger partial charge in [0.25, 0.3) is 0 Å². The maximum absolute atomic E-state index is 13.4. The molecule has 4 aromatic rings. The summed E-state index contributed by atoms with van der Waals surface area (Å²) in [7, 11) is -1.25. The van der Waals surface area contributed by atoms with Crippen LogP contribution in [0.25, 0.3) is 0 Å². The van der Waals surface area contributed by atoms with Gasteiger partial charge in [0, 0.05) is 25.9 Å². The first kappa shape index (κ1) is 27.7. The van der Waals surface area contributed by atoms with Gasteiger partial charge in [-0.2, -0.15) is 0 Å². The molecule has 0 aliphatic carbocycles. The number of rotatable bonds is 13. The molecule has 0 aromatic heterocycles. The van der Waals surface area contributed by atoms with Crippen LogP contribution in [-0.4, -0.2) is 42.1 Å². The Balaban J connectivity index is 1.55. The Morgan fingerprint density at radius 3 is 1.13 bits per heavy atom. The molecule has 2 N–H and O–H groups in total. The number of nitrogens with zero attached hydrogens (tertiary/aromatic N) is 1. The van der Waals surface area contributed by atoms with Crippen LogP contribution in [0.1, 0.15) is 12.8 Å². The maximum Gasteiger partial charge on any atom is 0.223 e. The molecule has 2 amide bonds. The first-order chi connectivity index (χ1) is 18.6. The van der Waals surface area contributed by atoms with Gasteiger partial charge in [-0.3, -0.25) is 9.59 Å². The topological polar surface area (TPSA) is 63.4 Å². The largest absolute Gasteiger partial charge is 0.370 e. The zero-order chi connectivity index (χ0) is 26.6. The van der Waals surface area contributed by atoms with E-state index in [4.69, 9.17) is 5.73 Å². The van der Waals surface area contributed by atoms with Crippen molar-refractivity contribution >= 4 is 48.9 Å². The minimum atomic E-state index is -0.624. The lowest BCUT2D eigenvalue weighted by molar-refractivity contribution is -0.132. The molecule has 0 atom stereocenters. The SMILES string of the molecule is NC(=O)CCC(=O)N(CCP(c1ccccc1)c1ccccc1)CCP(c1ccccc1)c1ccccc1. The van der Waals surface area contributed by atoms with Gasteiger partial charge in [0.1, 0.15) is 0 Å². The molecule has 0 fully saturated rings. The highest BCUT2D eigenvalue weighted by atomic mass is 31.1. The van der Waals surface area contributed by atoms with Gasteiger partial charge in [-0.25, -0.2) is 0 Å². The third-order valence-corrected chi connectivity index (χ3v) is 11.4. The molecule has 0 bridgehead atoms. The minimum absolute atomic E-state index is 0.00375. The molecular formula is C32H34N2O2P2. The number of amides is 2. The average molecular weight is 541 g/mol. The molecule has 194 valence electrons. The number of carbonyl (C=O) groups excluding carboxylic acids is 2. The molecule has 4 rings (SSSR count). The van der Waals surface area contributed by atoms with E-state index in [1.807, 2.05) is 29.2 Å². The highest BCUT2D eigenvalue weighted by molar-refractivity contribution is 7.73. The summed E-state index contributed by atoms with van der Waals surface area (Å²) in [4.78, 5) is 26.8. The van der Waals surface area contributed by atoms with Crippen LogP contribution in [0.3, 0.4) is 0 Å². The summed E-state index contributed by atoms with van der Waals surface area (Å²) in [6.07, 6.45) is 1.95. The molecule has 0 unspecified atom stereocenters. The number of carbonyl (C=O) groups is 2. The van der Waals surface area contributed by atoms with Gasteiger partial charge in [-0.1, -0.05) is 121 Å². The fraction of sp³-hybridized carbons (Fsp3) is 0.188. The van der Waals surface area contributed by atoms with Crippen molar-refractivity contribution in [3.8, 4) is 0 Å². The second-order valence-electron chi connectivity index (χ2n) is 8.99. The molecule has 0 heterocycles. The Hall–Kier alpha value is -3.32. The predicted molar refractivity (Wildman–Crippen MR) is 163 cm³/mol. The summed E-state index contributed by atoms with van der Waals surface area (Å²) >= 11 is 0. The van der Waals surface area contributed by atoms with Crippen molar-refractivity contribution < 1.29 is 9.59 Å². The summed E-state index contributed by atoms with van der Waals surface area (Å²) in [5, 5.41) is 5.20. The van der Waals surface area contributed by atoms with Crippen molar-refractivity contribution in [2.24, 2.45) is 5.73 Å². The van der Waals surface area contributed by atoms with E-state index in [0.717, 1.165) is 12.3 Å². The lowest BCUT2D eigenvalue weighted by Crippen LogP contribution is -2.37. The zero-order valence-corrected chi connectivity index (χ0v) is 23.3. The first-order valence-corrected chi connectivity index (χ1v) is 16.0. The van der Waals surface area contributed by atoms with Gasteiger partial charge in [0.15, 0.2) is 0 Å². The van der Waals surface area contributed by atoms with Crippen molar-refractivity contribution in [1.82, 2.24) is 4.90 Å². The van der Waals surface area contributed by atoms with Crippen LogP contribution < -0.4 is 27.0 Å². The molecule has 0 aliphatic heterocycles. The normalized spacial score (nSPS) is 11.0. The van der Waals surface area contributed by atoms with E-state index in [0.29, 0.717) is 13.1 Å². The lowest BCUT2D eigenvalue weighted by atomic mass is 10.2. The Morgan fingerprint density at radius 1 is 0.526 bits per heavy atom. The molecule has 0 saturated heterocycles. The second kappa shape index (κ2) is 14.6. The van der Waals surface area contributed by atoms with Crippen molar-refractivity contribution in [3.05, 3.63) is 121 Å². The van der Waals surface area contributed by atoms with E-state index < -0.39 is 21.8 Å². The fourth-order valence-electron chi connectivity index (χ4n) is 4.44. The van der Waals surface area contributed by atoms with Crippen LogP contribution in [0.5, 0.6) is 0 Å². The molecular weight excluding hydrogens is 506 g/mol. The Labute approximate surface area is 228 Å². The minimum Gasteiger partial charge on any atom is -0.370 e. The van der Waals surface area contributed by atoms with Gasteiger partial charge in [-0.05, 0) is 49.4 Å². The number of primary amides is 1. The van der Waals surface area contributed by atoms with Gasteiger partial charge < -0.3 is 10.6 Å². The standard InChI is InChI=1S/C32H34N2O2P2/c33-31(35)21-22-32(36)34(23-25-37(27-13-5-1-6-14-27)28-15-7-2-8-16-28)24-26-38(29-17-9-3-10-18-29)30-19-11-4-12-20-30/h1-20H,21-26H2,(H2,33,35). The third kappa shape index (κ3) is 8.09. The summed E-state index contributed by atoms with van der Waals surface area (Å²) in [5.74, 6) is -0.444. The number of benzene rings is 4. The second-order valence-corrected chi connectivity index (χ2v) is 13.7. The summed E-state index contributed by atoms with van der Waals surface area (Å²) in [5.41, 5.74) is 5.39. The van der Waals surface area contributed by atoms with Gasteiger partial charge in [0.05, 0.1) is 0 Å². The molecule has 4 aromatic carbocycles. The van der Waals surface area contributed by atoms with Crippen LogP contribution in [-0.2, 0) is 9.59 Å². The van der Waals surface area contributed by atoms with Crippen molar-refractivity contribution in [3.63, 3.8) is 0 Å². The molecule has 0 aliphatic rings. The van der Waals surface area contributed by atoms with E-state index in [1.54, 1.807) is 0 Å². The van der Waals surface area contributed by atoms with Crippen LogP contribution in [0.15, 0.2) is 121 Å². The Bertz CT molecular complexity index is 1110. The van der Waals surface area contributed by atoms with E-state index in [9.17, 15) is 9.59 Å². The monoisotopic (exact) mass is 540 g/mol. The van der Waals surface area contributed by atoms with E-state index in [-0.39, 0.29) is 18.7 Å². The quantitative estimate of drug-likeness (QED) is 0.257. The van der Waals surface area contributed by atoms with Crippen molar-refractivity contribution in [2.45, 2.75) is 12.8 Å². The smallest absolute Gasteiger partial charge is 0.223 e. The van der Waals surface area contributed by atoms with Crippen LogP contribution >= 0.6 is 15.8 Å². The number of hydrogen-bond acceptors (Lipinski definition) is 2. The first-order valence-electron chi connectivity index (χ1n) is 12.9. The third-order valence-electron chi connectivity index (χ3n) is 6.40. The van der Waals surface area contributed by atoms with Gasteiger partial charge in [-0.15, -0.1) is 0 Å². The van der Waals surface area contributed by atoms with Gasteiger partial charge in [0.2, 0.25) is 11.8 Å². The molecule has 0 spiro atoms. The summed E-state index contributed by atoms with van der Waals surface area (Å²) in [6, 6.07) is 42.3. The highest BCUT2D eigenvalue weighted by Gasteiger charge is 2.21. The highest BCUT2D eigenvalue weighted by Crippen LogP contribution is 2.35. The maximum atomic E-state index is 13.4. The molecule has 0 saturated carbocycles. The number of nitrogens with two attached hydrogens (primary N) is 1. The molecule has 38 heavy (non-hydrogen) atoms. The van der Waals surface area contributed by atoms with Crippen LogP contribution in [0.2, 0.25) is 0 Å². The molecule has 4 nitrogen and oxygen atoms in total. The average Bonchev–Trinajstić information content (AvgIpc) is 2.97. The molecule has 0 radical (unpaired) electrons. The lowest BCUT2D eigenvalue weighted by Gasteiger charge is -2.28. The molecule has 6 heteroatoms. The Morgan fingerprint density at radius 2 is 0.842 bits per heavy atom. The zero-order valence-electron chi connectivity index (χ0n) is 21.5.